The van der Waals surface area contributed by atoms with Gasteiger partial charge in [-0.25, -0.2) is 0 Å². The highest BCUT2D eigenvalue weighted by molar-refractivity contribution is 5.51. The van der Waals surface area contributed by atoms with Crippen molar-refractivity contribution in [1.29, 1.82) is 0 Å². The molecule has 0 fully saturated rings. The molecule has 0 atom stereocenters. The lowest BCUT2D eigenvalue weighted by Crippen LogP contribution is -2.07. The van der Waals surface area contributed by atoms with Gasteiger partial charge in [0.25, 0.3) is 0 Å². The molecule has 5 nitrogen and oxygen atoms in total. The van der Waals surface area contributed by atoms with Gasteiger partial charge in [0.1, 0.15) is 0 Å². The number of nitrogens with zero attached hydrogens (tertiary/aromatic N) is 2. The molecule has 0 radical (unpaired) electrons. The molecule has 0 aliphatic heterocycles. The van der Waals surface area contributed by atoms with Gasteiger partial charge < -0.3 is 9.88 Å². The van der Waals surface area contributed by atoms with E-state index in [1.54, 1.807) is 0 Å². The average molecular weight is 277 g/mol. The molecule has 0 bridgehead atoms. The molecule has 20 heavy (non-hydrogen) atoms. The first-order valence-corrected chi connectivity index (χ1v) is 6.43. The maximum Gasteiger partial charge on any atom is 0.306 e. The van der Waals surface area contributed by atoms with Gasteiger partial charge in [-0.2, -0.15) is 4.39 Å². The van der Waals surface area contributed by atoms with Crippen LogP contribution in [0.15, 0.2) is 36.5 Å². The Kier molecular flexibility index (Phi) is 4.34. The van der Waals surface area contributed by atoms with E-state index < -0.39 is 16.4 Å². The molecule has 0 spiro atoms. The minimum atomic E-state index is -0.824. The number of nitrogens with one attached hydrogen (secondary N) is 1. The Bertz CT molecular complexity index is 610. The molecule has 0 aliphatic carbocycles. The molecule has 1 heterocycles. The van der Waals surface area contributed by atoms with Gasteiger partial charge in [0.2, 0.25) is 5.82 Å². The average Bonchev–Trinajstić information content (AvgIpc) is 2.85. The Balaban J connectivity index is 2.09. The van der Waals surface area contributed by atoms with Crippen molar-refractivity contribution >= 4 is 11.4 Å². The van der Waals surface area contributed by atoms with E-state index in [1.807, 2.05) is 18.3 Å². The van der Waals surface area contributed by atoms with E-state index in [9.17, 15) is 14.5 Å². The highest BCUT2D eigenvalue weighted by Gasteiger charge is 2.14. The summed E-state index contributed by atoms with van der Waals surface area (Å²) in [5.41, 5.74) is 1.10. The molecule has 1 aromatic carbocycles. The van der Waals surface area contributed by atoms with Crippen LogP contribution in [0.2, 0.25) is 0 Å². The first-order chi connectivity index (χ1) is 9.61. The predicted octanol–water partition coefficient (Wildman–Crippen LogP) is 3.56. The summed E-state index contributed by atoms with van der Waals surface area (Å²) in [5, 5.41) is 13.8. The number of nitro benzene ring substituents is 1. The molecule has 0 aliphatic rings. The minimum absolute atomic E-state index is 0.515. The fraction of sp³-hybridized carbons (Fsp3) is 0.286. The van der Waals surface area contributed by atoms with Gasteiger partial charge in [-0.1, -0.05) is 6.92 Å². The van der Waals surface area contributed by atoms with Crippen molar-refractivity contribution in [2.24, 2.45) is 0 Å². The Morgan fingerprint density at radius 2 is 2.20 bits per heavy atom. The lowest BCUT2D eigenvalue weighted by Gasteiger charge is -2.10. The summed E-state index contributed by atoms with van der Waals surface area (Å²) in [5.74, 6) is -0.824. The summed E-state index contributed by atoms with van der Waals surface area (Å²) in [6.45, 7) is 3.56. The van der Waals surface area contributed by atoms with Gasteiger partial charge in [-0.15, -0.1) is 0 Å². The number of hydrogen-bond donors (Lipinski definition) is 1. The highest BCUT2D eigenvalue weighted by Crippen LogP contribution is 2.22. The molecular formula is C14H16FN3O2. The number of rotatable bonds is 6. The fourth-order valence-electron chi connectivity index (χ4n) is 2.02. The third-order valence-electron chi connectivity index (χ3n) is 3.00. The molecule has 1 N–H and O–H groups in total. The zero-order valence-electron chi connectivity index (χ0n) is 11.2. The van der Waals surface area contributed by atoms with Crippen LogP contribution in [-0.4, -0.2) is 9.49 Å². The predicted molar refractivity (Wildman–Crippen MR) is 75.1 cm³/mol. The van der Waals surface area contributed by atoms with Crippen LogP contribution in [-0.2, 0) is 13.1 Å². The molecule has 0 amide bonds. The monoisotopic (exact) mass is 277 g/mol. The lowest BCUT2D eigenvalue weighted by atomic mass is 10.2. The van der Waals surface area contributed by atoms with Crippen LogP contribution in [0.25, 0.3) is 0 Å². The molecule has 6 heteroatoms. The second-order valence-corrected chi connectivity index (χ2v) is 4.47. The summed E-state index contributed by atoms with van der Waals surface area (Å²) in [7, 11) is 0. The Hall–Kier alpha value is -2.37. The van der Waals surface area contributed by atoms with Crippen LogP contribution in [0.3, 0.4) is 0 Å². The smallest absolute Gasteiger partial charge is 0.306 e. The third-order valence-corrected chi connectivity index (χ3v) is 3.00. The van der Waals surface area contributed by atoms with Gasteiger partial charge in [0, 0.05) is 30.2 Å². The van der Waals surface area contributed by atoms with Gasteiger partial charge in [0.15, 0.2) is 0 Å². The largest absolute Gasteiger partial charge is 0.379 e. The first kappa shape index (κ1) is 14.0. The summed E-state index contributed by atoms with van der Waals surface area (Å²) in [4.78, 5) is 9.96. The number of nitro groups is 1. The van der Waals surface area contributed by atoms with E-state index in [0.717, 1.165) is 24.7 Å². The maximum atomic E-state index is 13.2. The fourth-order valence-corrected chi connectivity index (χ4v) is 2.02. The van der Waals surface area contributed by atoms with Gasteiger partial charge >= 0.3 is 5.69 Å². The summed E-state index contributed by atoms with van der Waals surface area (Å²) in [6.07, 6.45) is 3.03. The van der Waals surface area contributed by atoms with Crippen molar-refractivity contribution < 1.29 is 9.31 Å². The van der Waals surface area contributed by atoms with Crippen LogP contribution in [0.4, 0.5) is 15.8 Å². The van der Waals surface area contributed by atoms with Gasteiger partial charge in [0.05, 0.1) is 11.5 Å². The van der Waals surface area contributed by atoms with Crippen molar-refractivity contribution in [2.75, 3.05) is 5.32 Å². The van der Waals surface area contributed by atoms with Crippen LogP contribution in [0.1, 0.15) is 19.0 Å². The minimum Gasteiger partial charge on any atom is -0.379 e. The highest BCUT2D eigenvalue weighted by atomic mass is 19.1. The van der Waals surface area contributed by atoms with E-state index >= 15 is 0 Å². The van der Waals surface area contributed by atoms with Crippen molar-refractivity contribution in [1.82, 2.24) is 4.57 Å². The topological polar surface area (TPSA) is 60.1 Å². The zero-order chi connectivity index (χ0) is 14.5. The first-order valence-electron chi connectivity index (χ1n) is 6.43. The summed E-state index contributed by atoms with van der Waals surface area (Å²) in [6, 6.07) is 7.75. The molecule has 2 aromatic rings. The van der Waals surface area contributed by atoms with Crippen LogP contribution >= 0.6 is 0 Å². The van der Waals surface area contributed by atoms with Crippen molar-refractivity contribution in [2.45, 2.75) is 26.4 Å². The lowest BCUT2D eigenvalue weighted by molar-refractivity contribution is -0.387. The molecule has 1 aromatic heterocycles. The Labute approximate surface area is 116 Å². The molecular weight excluding hydrogens is 261 g/mol. The van der Waals surface area contributed by atoms with Gasteiger partial charge in [-0.3, -0.25) is 10.1 Å². The zero-order valence-corrected chi connectivity index (χ0v) is 11.2. The number of aryl methyl sites for hydroxylation is 1. The van der Waals surface area contributed by atoms with E-state index in [-0.39, 0.29) is 0 Å². The number of anilines is 1. The van der Waals surface area contributed by atoms with Crippen molar-refractivity contribution in [3.05, 3.63) is 58.2 Å². The molecule has 0 saturated heterocycles. The van der Waals surface area contributed by atoms with Crippen molar-refractivity contribution in [3.63, 3.8) is 0 Å². The SMILES string of the molecule is CCCn1cccc1CNc1ccc(F)c([N+](=O)[O-])c1. The van der Waals surface area contributed by atoms with Crippen LogP contribution in [0.5, 0.6) is 0 Å². The molecule has 0 unspecified atom stereocenters. The maximum absolute atomic E-state index is 13.2. The normalized spacial score (nSPS) is 10.5. The standard InChI is InChI=1S/C14H16FN3O2/c1-2-7-17-8-3-4-12(17)10-16-11-5-6-13(15)14(9-11)18(19)20/h3-6,8-9,16H,2,7,10H2,1H3. The van der Waals surface area contributed by atoms with E-state index in [0.29, 0.717) is 12.2 Å². The van der Waals surface area contributed by atoms with E-state index in [4.69, 9.17) is 0 Å². The third kappa shape index (κ3) is 3.14. The number of benzene rings is 1. The summed E-state index contributed by atoms with van der Waals surface area (Å²) < 4.78 is 15.3. The quantitative estimate of drug-likeness (QED) is 0.648. The van der Waals surface area contributed by atoms with Crippen LogP contribution < -0.4 is 5.32 Å². The van der Waals surface area contributed by atoms with E-state index in [1.165, 1.54) is 12.1 Å². The Morgan fingerprint density at radius 3 is 2.90 bits per heavy atom. The van der Waals surface area contributed by atoms with Gasteiger partial charge in [-0.05, 0) is 30.7 Å². The summed E-state index contributed by atoms with van der Waals surface area (Å²) >= 11 is 0. The second-order valence-electron chi connectivity index (χ2n) is 4.47. The molecule has 2 rings (SSSR count). The second kappa shape index (κ2) is 6.18. The van der Waals surface area contributed by atoms with E-state index in [2.05, 4.69) is 16.8 Å². The number of aromatic nitrogens is 1. The number of hydrogen-bond acceptors (Lipinski definition) is 3. The number of halogens is 1. The van der Waals surface area contributed by atoms with Crippen molar-refractivity contribution in [3.8, 4) is 0 Å². The Morgan fingerprint density at radius 1 is 1.40 bits per heavy atom. The molecule has 106 valence electrons. The molecule has 0 saturated carbocycles. The van der Waals surface area contributed by atoms with Crippen LogP contribution in [0, 0.1) is 15.9 Å².